The van der Waals surface area contributed by atoms with E-state index in [4.69, 9.17) is 11.5 Å². The summed E-state index contributed by atoms with van der Waals surface area (Å²) in [5.41, 5.74) is 12.1. The first-order valence-corrected chi connectivity index (χ1v) is 20.8. The third-order valence-corrected chi connectivity index (χ3v) is 11.6. The van der Waals surface area contributed by atoms with Crippen LogP contribution in [-0.2, 0) is 44.8 Å². The number of hydrogen-bond donors (Lipinski definition) is 10. The Kier molecular flexibility index (Phi) is 16.8. The van der Waals surface area contributed by atoms with E-state index in [1.165, 1.54) is 15.7 Å². The van der Waals surface area contributed by atoms with Crippen LogP contribution in [0.2, 0.25) is 0 Å². The second-order valence-electron chi connectivity index (χ2n) is 13.4. The van der Waals surface area contributed by atoms with Crippen molar-refractivity contribution >= 4 is 85.8 Å². The number of benzene rings is 1. The number of carbonyl (C=O) groups excluding carboxylic acids is 6. The minimum absolute atomic E-state index is 0.0507. The molecule has 0 saturated carbocycles. The Morgan fingerprint density at radius 1 is 0.877 bits per heavy atom. The van der Waals surface area contributed by atoms with E-state index < -0.39 is 90.6 Å². The Labute approximate surface area is 335 Å². The van der Waals surface area contributed by atoms with Crippen LogP contribution in [0.15, 0.2) is 35.5 Å². The van der Waals surface area contributed by atoms with Gasteiger partial charge in [-0.1, -0.05) is 39.8 Å². The van der Waals surface area contributed by atoms with Gasteiger partial charge in [-0.05, 0) is 43.7 Å². The largest absolute Gasteiger partial charge is 0.481 e. The summed E-state index contributed by atoms with van der Waals surface area (Å²) in [6.07, 6.45) is 2.29. The van der Waals surface area contributed by atoms with E-state index in [2.05, 4.69) is 36.6 Å². The van der Waals surface area contributed by atoms with Crippen molar-refractivity contribution in [2.45, 2.75) is 81.6 Å². The van der Waals surface area contributed by atoms with Crippen molar-refractivity contribution < 1.29 is 48.6 Å². The van der Waals surface area contributed by atoms with Crippen molar-refractivity contribution in [2.75, 3.05) is 31.1 Å². The van der Waals surface area contributed by atoms with E-state index in [1.54, 1.807) is 12.3 Å². The fourth-order valence-corrected chi connectivity index (χ4v) is 8.52. The number of H-pyrrole nitrogens is 1. The standard InChI is InChI=1S/C35H48N10O10S2/c36-35(37)38-11-4-3-8-22-30(50)40-17-28(47)42-23(15-29(48)49)31(51)43-24(14-19-16-39-21-7-2-1-6-20(19)21)33(53)45-12-5-9-26(45)32(52)44-25(34(54)55)18-57-56-13-10-27(46)41-22/h1-2,6-7,16,22-26,39H,3-5,8-15,17-18H2,(H,40,50)(H,41,46)(H,42,47)(H,43,51)(H,44,52)(H,48,49)(H,54,55)(H4,36,37,38)/t22-,23-,24-,25-,26-/m0/s1. The smallest absolute Gasteiger partial charge is 0.327 e. The highest BCUT2D eigenvalue weighted by atomic mass is 33.1. The van der Waals surface area contributed by atoms with Crippen molar-refractivity contribution in [2.24, 2.45) is 16.5 Å². The minimum atomic E-state index is -1.69. The second-order valence-corrected chi connectivity index (χ2v) is 16.1. The molecule has 12 N–H and O–H groups in total. The molecule has 0 unspecified atom stereocenters. The highest BCUT2D eigenvalue weighted by Crippen LogP contribution is 2.25. The number of para-hydroxylation sites is 1. The number of guanidine groups is 1. The summed E-state index contributed by atoms with van der Waals surface area (Å²) in [6, 6.07) is 0.699. The van der Waals surface area contributed by atoms with Gasteiger partial charge in [0.25, 0.3) is 0 Å². The predicted molar refractivity (Wildman–Crippen MR) is 211 cm³/mol. The molecule has 1 aromatic carbocycles. The number of fused-ring (bicyclic) bond motifs is 2. The summed E-state index contributed by atoms with van der Waals surface area (Å²) < 4.78 is 0. The maximum absolute atomic E-state index is 14.3. The zero-order valence-corrected chi connectivity index (χ0v) is 32.6. The van der Waals surface area contributed by atoms with Gasteiger partial charge in [0.1, 0.15) is 30.2 Å². The van der Waals surface area contributed by atoms with E-state index in [-0.39, 0.29) is 56.2 Å². The topological polar surface area (TPSA) is 321 Å². The molecular formula is C35H48N10O10S2. The van der Waals surface area contributed by atoms with Gasteiger partial charge in [0.05, 0.1) is 13.0 Å². The van der Waals surface area contributed by atoms with Crippen molar-refractivity contribution in [3.8, 4) is 0 Å². The number of nitrogens with two attached hydrogens (primary N) is 2. The van der Waals surface area contributed by atoms with Crippen LogP contribution in [0.25, 0.3) is 10.9 Å². The van der Waals surface area contributed by atoms with Crippen LogP contribution in [0.5, 0.6) is 0 Å². The fraction of sp³-hybridized carbons (Fsp3) is 0.514. The average Bonchev–Trinajstić information content (AvgIpc) is 3.82. The molecule has 5 atom stereocenters. The van der Waals surface area contributed by atoms with Crippen molar-refractivity contribution in [3.63, 3.8) is 0 Å². The Morgan fingerprint density at radius 2 is 1.63 bits per heavy atom. The molecule has 2 aromatic rings. The van der Waals surface area contributed by atoms with Crippen LogP contribution in [0.4, 0.5) is 0 Å². The van der Waals surface area contributed by atoms with Gasteiger partial charge in [0, 0.05) is 54.5 Å². The molecule has 0 radical (unpaired) electrons. The third-order valence-electron chi connectivity index (χ3n) is 9.20. The van der Waals surface area contributed by atoms with Gasteiger partial charge >= 0.3 is 11.9 Å². The second kappa shape index (κ2) is 21.7. The number of carboxylic acid groups (broad SMARTS) is 2. The molecule has 2 aliphatic heterocycles. The number of carboxylic acids is 2. The van der Waals surface area contributed by atoms with E-state index >= 15 is 0 Å². The number of aliphatic imine (C=N–C) groups is 1. The highest BCUT2D eigenvalue weighted by Gasteiger charge is 2.40. The first kappa shape index (κ1) is 44.2. The summed E-state index contributed by atoms with van der Waals surface area (Å²) in [4.78, 5) is 113. The minimum Gasteiger partial charge on any atom is -0.481 e. The monoisotopic (exact) mass is 832 g/mol. The molecule has 0 aliphatic carbocycles. The lowest BCUT2D eigenvalue weighted by Crippen LogP contribution is -2.59. The zero-order valence-electron chi connectivity index (χ0n) is 31.0. The van der Waals surface area contributed by atoms with Crippen molar-refractivity contribution in [1.82, 2.24) is 36.5 Å². The molecule has 310 valence electrons. The number of rotatable bonds is 10. The molecule has 2 fully saturated rings. The van der Waals surface area contributed by atoms with Crippen LogP contribution in [0.3, 0.4) is 0 Å². The molecule has 20 nitrogen and oxygen atoms in total. The maximum atomic E-state index is 14.3. The normalized spacial score (nSPS) is 23.6. The number of nitrogens with zero attached hydrogens (tertiary/aromatic N) is 2. The molecule has 2 saturated heterocycles. The lowest BCUT2D eigenvalue weighted by molar-refractivity contribution is -0.144. The predicted octanol–water partition coefficient (Wildman–Crippen LogP) is -1.46. The Balaban J connectivity index is 1.61. The Morgan fingerprint density at radius 3 is 2.37 bits per heavy atom. The van der Waals surface area contributed by atoms with Crippen LogP contribution in [0, 0.1) is 0 Å². The molecule has 1 aromatic heterocycles. The number of hydrogen-bond acceptors (Lipinski definition) is 11. The number of aromatic nitrogens is 1. The molecule has 22 heteroatoms. The zero-order chi connectivity index (χ0) is 41.5. The maximum Gasteiger partial charge on any atom is 0.327 e. The summed E-state index contributed by atoms with van der Waals surface area (Å²) >= 11 is 0. The van der Waals surface area contributed by atoms with Crippen molar-refractivity contribution in [3.05, 3.63) is 36.0 Å². The van der Waals surface area contributed by atoms with E-state index in [9.17, 15) is 48.6 Å². The molecule has 0 spiro atoms. The summed E-state index contributed by atoms with van der Waals surface area (Å²) in [7, 11) is 2.31. The van der Waals surface area contributed by atoms with E-state index in [0.29, 0.717) is 24.8 Å². The molecule has 0 bridgehead atoms. The molecule has 57 heavy (non-hydrogen) atoms. The van der Waals surface area contributed by atoms with E-state index in [1.807, 2.05) is 18.2 Å². The first-order chi connectivity index (χ1) is 27.2. The number of amides is 6. The average molecular weight is 833 g/mol. The first-order valence-electron chi connectivity index (χ1n) is 18.3. The fourth-order valence-electron chi connectivity index (χ4n) is 6.37. The van der Waals surface area contributed by atoms with Gasteiger partial charge in [0.15, 0.2) is 5.96 Å². The Bertz CT molecular complexity index is 1840. The van der Waals surface area contributed by atoms with Crippen molar-refractivity contribution in [1.29, 1.82) is 0 Å². The van der Waals surface area contributed by atoms with Gasteiger partial charge in [-0.3, -0.25) is 38.6 Å². The van der Waals surface area contributed by atoms with Gasteiger partial charge in [-0.2, -0.15) is 0 Å². The summed E-state index contributed by atoms with van der Waals surface area (Å²) in [5, 5.41) is 32.8. The van der Waals surface area contributed by atoms with Crippen LogP contribution in [0.1, 0.15) is 50.5 Å². The van der Waals surface area contributed by atoms with Gasteiger partial charge in [0.2, 0.25) is 35.4 Å². The summed E-state index contributed by atoms with van der Waals surface area (Å²) in [6.45, 7) is -0.283. The lowest BCUT2D eigenvalue weighted by atomic mass is 10.0. The Hall–Kier alpha value is -5.51. The number of aliphatic carboxylic acids is 2. The molecular weight excluding hydrogens is 785 g/mol. The molecule has 4 rings (SSSR count). The molecule has 2 aliphatic rings. The third kappa shape index (κ3) is 13.6. The SMILES string of the molecule is NC(N)=NCCCC[C@@H]1NC(=O)CCSSC[C@@H](C(=O)O)NC(=O)[C@@H]2CCCN2C(=O)[C@H](Cc2c[nH]c3ccccc23)NC(=O)[C@H](CC(=O)O)NC(=O)CNC1=O. The number of carbonyl (C=O) groups is 8. The van der Waals surface area contributed by atoms with Crippen LogP contribution in [-0.4, -0.2) is 135 Å². The number of aromatic amines is 1. The summed E-state index contributed by atoms with van der Waals surface area (Å²) in [5.74, 6) is -7.21. The van der Waals surface area contributed by atoms with Crippen LogP contribution < -0.4 is 38.1 Å². The number of unbranched alkanes of at least 4 members (excludes halogenated alkanes) is 1. The molecule has 3 heterocycles. The van der Waals surface area contributed by atoms with Gasteiger partial charge in [-0.25, -0.2) is 4.79 Å². The van der Waals surface area contributed by atoms with E-state index in [0.717, 1.165) is 21.7 Å². The lowest BCUT2D eigenvalue weighted by Gasteiger charge is -2.30. The molecule has 6 amide bonds. The van der Waals surface area contributed by atoms with Gasteiger partial charge in [-0.15, -0.1) is 0 Å². The van der Waals surface area contributed by atoms with Crippen LogP contribution >= 0.6 is 21.6 Å². The number of nitrogens with one attached hydrogen (secondary N) is 6. The highest BCUT2D eigenvalue weighted by molar-refractivity contribution is 8.76. The van der Waals surface area contributed by atoms with Gasteiger partial charge < -0.3 is 58.1 Å². The quantitative estimate of drug-likeness (QED) is 0.0567.